The lowest BCUT2D eigenvalue weighted by molar-refractivity contribution is 0.182. The van der Waals surface area contributed by atoms with Crippen LogP contribution in [0.1, 0.15) is 32.1 Å². The highest BCUT2D eigenvalue weighted by atomic mass is 79.9. The molecular formula is C11H20BrN. The lowest BCUT2D eigenvalue weighted by Gasteiger charge is -2.33. The van der Waals surface area contributed by atoms with Gasteiger partial charge >= 0.3 is 0 Å². The molecule has 13 heavy (non-hydrogen) atoms. The van der Waals surface area contributed by atoms with Gasteiger partial charge in [-0.2, -0.15) is 0 Å². The fourth-order valence-electron chi connectivity index (χ4n) is 2.14. The molecule has 0 heterocycles. The quantitative estimate of drug-likeness (QED) is 0.532. The van der Waals surface area contributed by atoms with Gasteiger partial charge in [-0.25, -0.2) is 0 Å². The van der Waals surface area contributed by atoms with Crippen LogP contribution in [0, 0.1) is 0 Å². The molecule has 1 nitrogen and oxygen atoms in total. The Kier molecular flexibility index (Phi) is 5.72. The Morgan fingerprint density at radius 1 is 1.31 bits per heavy atom. The summed E-state index contributed by atoms with van der Waals surface area (Å²) >= 11 is 3.51. The summed E-state index contributed by atoms with van der Waals surface area (Å²) in [4.78, 5) is 2.56. The zero-order valence-electron chi connectivity index (χ0n) is 8.34. The van der Waals surface area contributed by atoms with Crippen LogP contribution in [0.25, 0.3) is 0 Å². The summed E-state index contributed by atoms with van der Waals surface area (Å²) in [5.74, 6) is 0. The van der Waals surface area contributed by atoms with E-state index in [1.165, 1.54) is 32.1 Å². The van der Waals surface area contributed by atoms with Crippen LogP contribution in [-0.4, -0.2) is 29.4 Å². The zero-order chi connectivity index (χ0) is 9.52. The summed E-state index contributed by atoms with van der Waals surface area (Å²) in [6, 6.07) is 0.823. The van der Waals surface area contributed by atoms with E-state index in [1.54, 1.807) is 0 Å². The van der Waals surface area contributed by atoms with Crippen molar-refractivity contribution in [2.75, 3.05) is 18.4 Å². The van der Waals surface area contributed by atoms with Gasteiger partial charge in [0, 0.05) is 24.5 Å². The number of halogens is 1. The largest absolute Gasteiger partial charge is 0.296 e. The Labute approximate surface area is 90.3 Å². The SMILES string of the molecule is C=CCN(CCBr)C1CCCCC1. The van der Waals surface area contributed by atoms with E-state index in [0.29, 0.717) is 0 Å². The first-order valence-electron chi connectivity index (χ1n) is 5.29. The molecule has 1 saturated carbocycles. The summed E-state index contributed by atoms with van der Waals surface area (Å²) in [6.07, 6.45) is 9.08. The van der Waals surface area contributed by atoms with E-state index in [-0.39, 0.29) is 0 Å². The van der Waals surface area contributed by atoms with E-state index in [2.05, 4.69) is 27.4 Å². The van der Waals surface area contributed by atoms with E-state index in [4.69, 9.17) is 0 Å². The van der Waals surface area contributed by atoms with E-state index in [0.717, 1.165) is 24.5 Å². The zero-order valence-corrected chi connectivity index (χ0v) is 9.93. The lowest BCUT2D eigenvalue weighted by Crippen LogP contribution is -2.38. The minimum atomic E-state index is 0.823. The molecule has 0 aromatic carbocycles. The van der Waals surface area contributed by atoms with Crippen LogP contribution in [0.5, 0.6) is 0 Å². The van der Waals surface area contributed by atoms with Crippen LogP contribution in [0.4, 0.5) is 0 Å². The monoisotopic (exact) mass is 245 g/mol. The summed E-state index contributed by atoms with van der Waals surface area (Å²) < 4.78 is 0. The van der Waals surface area contributed by atoms with Gasteiger partial charge in [0.25, 0.3) is 0 Å². The molecular weight excluding hydrogens is 226 g/mol. The molecule has 0 unspecified atom stereocenters. The van der Waals surface area contributed by atoms with Crippen molar-refractivity contribution in [3.8, 4) is 0 Å². The molecule has 0 bridgehead atoms. The Balaban J connectivity index is 2.36. The molecule has 76 valence electrons. The minimum Gasteiger partial charge on any atom is -0.296 e. The Hall–Kier alpha value is 0.180. The normalized spacial score (nSPS) is 19.2. The topological polar surface area (TPSA) is 3.24 Å². The molecule has 0 saturated heterocycles. The number of hydrogen-bond acceptors (Lipinski definition) is 1. The predicted octanol–water partition coefficient (Wildman–Crippen LogP) is 3.20. The van der Waals surface area contributed by atoms with E-state index >= 15 is 0 Å². The second kappa shape index (κ2) is 6.61. The fraction of sp³-hybridized carbons (Fsp3) is 0.818. The van der Waals surface area contributed by atoms with Gasteiger partial charge in [0.2, 0.25) is 0 Å². The maximum absolute atomic E-state index is 3.82. The maximum atomic E-state index is 3.82. The molecule has 1 rings (SSSR count). The second-order valence-electron chi connectivity index (χ2n) is 3.76. The third-order valence-corrected chi connectivity index (χ3v) is 3.18. The van der Waals surface area contributed by atoms with Crippen molar-refractivity contribution in [3.63, 3.8) is 0 Å². The highest BCUT2D eigenvalue weighted by Crippen LogP contribution is 2.22. The first-order valence-corrected chi connectivity index (χ1v) is 6.41. The molecule has 0 atom stereocenters. The van der Waals surface area contributed by atoms with E-state index < -0.39 is 0 Å². The highest BCUT2D eigenvalue weighted by molar-refractivity contribution is 9.09. The smallest absolute Gasteiger partial charge is 0.0163 e. The second-order valence-corrected chi connectivity index (χ2v) is 4.56. The third-order valence-electron chi connectivity index (χ3n) is 2.83. The fourth-order valence-corrected chi connectivity index (χ4v) is 2.60. The minimum absolute atomic E-state index is 0.823. The number of rotatable bonds is 5. The molecule has 1 aliphatic rings. The van der Waals surface area contributed by atoms with Gasteiger partial charge in [0.1, 0.15) is 0 Å². The molecule has 0 aromatic heterocycles. The van der Waals surface area contributed by atoms with Gasteiger partial charge < -0.3 is 0 Å². The maximum Gasteiger partial charge on any atom is 0.0163 e. The van der Waals surface area contributed by atoms with Crippen LogP contribution in [0.3, 0.4) is 0 Å². The number of hydrogen-bond donors (Lipinski definition) is 0. The molecule has 0 aromatic rings. The number of alkyl halides is 1. The van der Waals surface area contributed by atoms with Gasteiger partial charge in [-0.15, -0.1) is 6.58 Å². The van der Waals surface area contributed by atoms with Crippen molar-refractivity contribution >= 4 is 15.9 Å². The average Bonchev–Trinajstić information content (AvgIpc) is 2.19. The van der Waals surface area contributed by atoms with Crippen molar-refractivity contribution in [1.82, 2.24) is 4.90 Å². The first-order chi connectivity index (χ1) is 6.38. The van der Waals surface area contributed by atoms with Crippen molar-refractivity contribution in [3.05, 3.63) is 12.7 Å². The van der Waals surface area contributed by atoms with Crippen molar-refractivity contribution in [2.45, 2.75) is 38.1 Å². The summed E-state index contributed by atoms with van der Waals surface area (Å²) in [5.41, 5.74) is 0. The molecule has 0 radical (unpaired) electrons. The van der Waals surface area contributed by atoms with Crippen LogP contribution < -0.4 is 0 Å². The molecule has 0 amide bonds. The Bertz CT molecular complexity index is 141. The van der Waals surface area contributed by atoms with E-state index in [1.807, 2.05) is 6.08 Å². The first kappa shape index (κ1) is 11.3. The molecule has 0 N–H and O–H groups in total. The Morgan fingerprint density at radius 2 is 2.00 bits per heavy atom. The predicted molar refractivity (Wildman–Crippen MR) is 62.4 cm³/mol. The lowest BCUT2D eigenvalue weighted by atomic mass is 9.94. The molecule has 1 fully saturated rings. The van der Waals surface area contributed by atoms with Crippen LogP contribution >= 0.6 is 15.9 Å². The van der Waals surface area contributed by atoms with Gasteiger partial charge in [0.05, 0.1) is 0 Å². The third kappa shape index (κ3) is 3.82. The molecule has 0 spiro atoms. The van der Waals surface area contributed by atoms with Crippen LogP contribution in [0.2, 0.25) is 0 Å². The Morgan fingerprint density at radius 3 is 2.54 bits per heavy atom. The molecule has 2 heteroatoms. The van der Waals surface area contributed by atoms with Crippen molar-refractivity contribution in [2.24, 2.45) is 0 Å². The van der Waals surface area contributed by atoms with Gasteiger partial charge in [-0.1, -0.05) is 41.3 Å². The van der Waals surface area contributed by atoms with Crippen LogP contribution in [-0.2, 0) is 0 Å². The van der Waals surface area contributed by atoms with Crippen molar-refractivity contribution in [1.29, 1.82) is 0 Å². The average molecular weight is 246 g/mol. The highest BCUT2D eigenvalue weighted by Gasteiger charge is 2.18. The summed E-state index contributed by atoms with van der Waals surface area (Å²) in [5, 5.41) is 1.08. The van der Waals surface area contributed by atoms with Gasteiger partial charge in [-0.3, -0.25) is 4.90 Å². The van der Waals surface area contributed by atoms with Crippen molar-refractivity contribution < 1.29 is 0 Å². The molecule has 1 aliphatic carbocycles. The number of nitrogens with zero attached hydrogens (tertiary/aromatic N) is 1. The summed E-state index contributed by atoms with van der Waals surface area (Å²) in [6.45, 7) is 6.04. The van der Waals surface area contributed by atoms with E-state index in [9.17, 15) is 0 Å². The van der Waals surface area contributed by atoms with Gasteiger partial charge in [-0.05, 0) is 12.8 Å². The molecule has 0 aliphatic heterocycles. The summed E-state index contributed by atoms with van der Waals surface area (Å²) in [7, 11) is 0. The van der Waals surface area contributed by atoms with Crippen LogP contribution in [0.15, 0.2) is 12.7 Å². The standard InChI is InChI=1S/C11H20BrN/c1-2-9-13(10-8-12)11-6-4-3-5-7-11/h2,11H,1,3-10H2. The van der Waals surface area contributed by atoms with Gasteiger partial charge in [0.15, 0.2) is 0 Å².